The SMILES string of the molecule is CC(C)CC1CCC(Cl)C(Cl)C1. The van der Waals surface area contributed by atoms with Crippen molar-refractivity contribution < 1.29 is 0 Å². The van der Waals surface area contributed by atoms with Crippen molar-refractivity contribution in [3.05, 3.63) is 0 Å². The molecule has 1 rings (SSSR count). The van der Waals surface area contributed by atoms with Crippen molar-refractivity contribution in [1.82, 2.24) is 0 Å². The first-order valence-corrected chi connectivity index (χ1v) is 5.75. The molecule has 0 aromatic heterocycles. The lowest BCUT2D eigenvalue weighted by atomic mass is 9.83. The van der Waals surface area contributed by atoms with E-state index < -0.39 is 0 Å². The smallest absolute Gasteiger partial charge is 0.0502 e. The van der Waals surface area contributed by atoms with Crippen molar-refractivity contribution in [1.29, 1.82) is 0 Å². The Hall–Kier alpha value is 0.580. The van der Waals surface area contributed by atoms with Crippen LogP contribution in [0.2, 0.25) is 0 Å². The zero-order valence-corrected chi connectivity index (χ0v) is 9.41. The molecule has 1 aliphatic carbocycles. The van der Waals surface area contributed by atoms with Crippen molar-refractivity contribution in [2.24, 2.45) is 11.8 Å². The molecule has 3 atom stereocenters. The van der Waals surface area contributed by atoms with Gasteiger partial charge in [0.05, 0.1) is 5.38 Å². The van der Waals surface area contributed by atoms with Gasteiger partial charge in [-0.05, 0) is 37.5 Å². The van der Waals surface area contributed by atoms with Crippen LogP contribution in [0, 0.1) is 11.8 Å². The molecule has 1 aliphatic rings. The molecule has 1 fully saturated rings. The summed E-state index contributed by atoms with van der Waals surface area (Å²) in [5, 5.41) is 0.430. The van der Waals surface area contributed by atoms with Crippen LogP contribution in [0.3, 0.4) is 0 Å². The largest absolute Gasteiger partial charge is 0.121 e. The standard InChI is InChI=1S/C10H18Cl2/c1-7(2)5-8-3-4-9(11)10(12)6-8/h7-10H,3-6H2,1-2H3. The van der Waals surface area contributed by atoms with Crippen LogP contribution in [0.1, 0.15) is 39.5 Å². The summed E-state index contributed by atoms with van der Waals surface area (Å²) in [5.74, 6) is 1.62. The molecule has 0 aromatic carbocycles. The number of halogens is 2. The van der Waals surface area contributed by atoms with E-state index in [0.717, 1.165) is 24.7 Å². The van der Waals surface area contributed by atoms with E-state index in [0.29, 0.717) is 0 Å². The predicted octanol–water partition coefficient (Wildman–Crippen LogP) is 4.05. The molecule has 12 heavy (non-hydrogen) atoms. The summed E-state index contributed by atoms with van der Waals surface area (Å²) in [6, 6.07) is 0. The van der Waals surface area contributed by atoms with Crippen molar-refractivity contribution in [3.63, 3.8) is 0 Å². The molecule has 0 radical (unpaired) electrons. The van der Waals surface area contributed by atoms with E-state index in [-0.39, 0.29) is 10.8 Å². The van der Waals surface area contributed by atoms with E-state index >= 15 is 0 Å². The second-order valence-corrected chi connectivity index (χ2v) is 5.46. The lowest BCUT2D eigenvalue weighted by molar-refractivity contribution is 0.311. The summed E-state index contributed by atoms with van der Waals surface area (Å²) in [6.07, 6.45) is 4.81. The molecule has 0 N–H and O–H groups in total. The summed E-state index contributed by atoms with van der Waals surface area (Å²) < 4.78 is 0. The van der Waals surface area contributed by atoms with Gasteiger partial charge in [0.25, 0.3) is 0 Å². The monoisotopic (exact) mass is 208 g/mol. The van der Waals surface area contributed by atoms with Crippen LogP contribution in [0.5, 0.6) is 0 Å². The Morgan fingerprint density at radius 1 is 1.17 bits per heavy atom. The van der Waals surface area contributed by atoms with E-state index in [9.17, 15) is 0 Å². The summed E-state index contributed by atoms with van der Waals surface area (Å²) in [4.78, 5) is 0. The Labute approximate surface area is 85.6 Å². The van der Waals surface area contributed by atoms with E-state index in [2.05, 4.69) is 13.8 Å². The molecular weight excluding hydrogens is 191 g/mol. The quantitative estimate of drug-likeness (QED) is 0.602. The summed E-state index contributed by atoms with van der Waals surface area (Å²) >= 11 is 12.2. The third kappa shape index (κ3) is 3.14. The molecule has 0 aliphatic heterocycles. The highest BCUT2D eigenvalue weighted by molar-refractivity contribution is 6.30. The normalized spacial score (nSPS) is 37.2. The van der Waals surface area contributed by atoms with Crippen LogP contribution >= 0.6 is 23.2 Å². The molecule has 72 valence electrons. The van der Waals surface area contributed by atoms with Gasteiger partial charge in [0.15, 0.2) is 0 Å². The molecule has 0 heterocycles. The highest BCUT2D eigenvalue weighted by atomic mass is 35.5. The lowest BCUT2D eigenvalue weighted by Gasteiger charge is -2.30. The van der Waals surface area contributed by atoms with Gasteiger partial charge >= 0.3 is 0 Å². The molecule has 0 saturated heterocycles. The van der Waals surface area contributed by atoms with Crippen LogP contribution in [0.4, 0.5) is 0 Å². The highest BCUT2D eigenvalue weighted by Gasteiger charge is 2.27. The Morgan fingerprint density at radius 2 is 1.83 bits per heavy atom. The lowest BCUT2D eigenvalue weighted by Crippen LogP contribution is -2.26. The molecule has 0 amide bonds. The number of hydrogen-bond donors (Lipinski definition) is 0. The maximum atomic E-state index is 6.11. The Balaban J connectivity index is 2.30. The summed E-state index contributed by atoms with van der Waals surface area (Å²) in [6.45, 7) is 4.55. The Kier molecular flexibility index (Phi) is 4.19. The van der Waals surface area contributed by atoms with Crippen molar-refractivity contribution in [2.75, 3.05) is 0 Å². The Morgan fingerprint density at radius 3 is 2.33 bits per heavy atom. The second-order valence-electron chi connectivity index (χ2n) is 4.34. The van der Waals surface area contributed by atoms with Crippen molar-refractivity contribution in [2.45, 2.75) is 50.3 Å². The molecule has 1 saturated carbocycles. The van der Waals surface area contributed by atoms with Crippen molar-refractivity contribution >= 4 is 23.2 Å². The molecule has 0 aromatic rings. The minimum absolute atomic E-state index is 0.212. The van der Waals surface area contributed by atoms with Gasteiger partial charge in [0.1, 0.15) is 0 Å². The maximum absolute atomic E-state index is 6.11. The third-order valence-electron chi connectivity index (χ3n) is 2.61. The van der Waals surface area contributed by atoms with E-state index in [1.807, 2.05) is 0 Å². The minimum atomic E-state index is 0.212. The number of rotatable bonds is 2. The van der Waals surface area contributed by atoms with Crippen LogP contribution in [-0.2, 0) is 0 Å². The van der Waals surface area contributed by atoms with Crippen LogP contribution in [0.15, 0.2) is 0 Å². The fourth-order valence-corrected chi connectivity index (χ4v) is 2.65. The summed E-state index contributed by atoms with van der Waals surface area (Å²) in [5.41, 5.74) is 0. The first kappa shape index (κ1) is 10.7. The van der Waals surface area contributed by atoms with Gasteiger partial charge in [-0.3, -0.25) is 0 Å². The molecule has 0 nitrogen and oxygen atoms in total. The fraction of sp³-hybridized carbons (Fsp3) is 1.00. The second kappa shape index (κ2) is 4.72. The van der Waals surface area contributed by atoms with Crippen molar-refractivity contribution in [3.8, 4) is 0 Å². The predicted molar refractivity (Wildman–Crippen MR) is 56.1 cm³/mol. The maximum Gasteiger partial charge on any atom is 0.0502 e. The molecule has 0 spiro atoms. The van der Waals surface area contributed by atoms with Gasteiger partial charge in [-0.25, -0.2) is 0 Å². The first-order chi connectivity index (χ1) is 5.59. The molecular formula is C10H18Cl2. The Bertz CT molecular complexity index is 134. The van der Waals surface area contributed by atoms with Gasteiger partial charge in [0.2, 0.25) is 0 Å². The van der Waals surface area contributed by atoms with Crippen LogP contribution in [-0.4, -0.2) is 10.8 Å². The highest BCUT2D eigenvalue weighted by Crippen LogP contribution is 2.34. The van der Waals surface area contributed by atoms with E-state index in [1.165, 1.54) is 12.8 Å². The van der Waals surface area contributed by atoms with Gasteiger partial charge in [-0.2, -0.15) is 0 Å². The number of alkyl halides is 2. The first-order valence-electron chi connectivity index (χ1n) is 4.87. The van der Waals surface area contributed by atoms with Gasteiger partial charge < -0.3 is 0 Å². The zero-order chi connectivity index (χ0) is 9.14. The van der Waals surface area contributed by atoms with Gasteiger partial charge in [0, 0.05) is 5.38 Å². The van der Waals surface area contributed by atoms with Gasteiger partial charge in [-0.1, -0.05) is 13.8 Å². The van der Waals surface area contributed by atoms with Crippen LogP contribution in [0.25, 0.3) is 0 Å². The average molecular weight is 209 g/mol. The van der Waals surface area contributed by atoms with E-state index in [4.69, 9.17) is 23.2 Å². The molecule has 2 heteroatoms. The fourth-order valence-electron chi connectivity index (χ4n) is 2.04. The van der Waals surface area contributed by atoms with E-state index in [1.54, 1.807) is 0 Å². The number of hydrogen-bond acceptors (Lipinski definition) is 0. The average Bonchev–Trinajstić information content (AvgIpc) is 1.96. The minimum Gasteiger partial charge on any atom is -0.121 e. The van der Waals surface area contributed by atoms with Gasteiger partial charge in [-0.15, -0.1) is 23.2 Å². The topological polar surface area (TPSA) is 0 Å². The molecule has 0 bridgehead atoms. The third-order valence-corrected chi connectivity index (χ3v) is 3.74. The summed E-state index contributed by atoms with van der Waals surface area (Å²) in [7, 11) is 0. The van der Waals surface area contributed by atoms with Crippen LogP contribution < -0.4 is 0 Å². The zero-order valence-electron chi connectivity index (χ0n) is 7.89. The molecule has 3 unspecified atom stereocenters.